The molecule has 0 saturated carbocycles. The Bertz CT molecular complexity index is 487. The van der Waals surface area contributed by atoms with Gasteiger partial charge in [-0.1, -0.05) is 53.4 Å². The smallest absolute Gasteiger partial charge is 0.233 e. The second-order valence-electron chi connectivity index (χ2n) is 3.67. The number of benzene rings is 1. The molecule has 1 heterocycles. The SMILES string of the molecule is C[C@H](Sc1nncs1)C(=O)NCc1ccccc1. The van der Waals surface area contributed by atoms with E-state index in [0.717, 1.165) is 9.90 Å². The average molecular weight is 279 g/mol. The van der Waals surface area contributed by atoms with Gasteiger partial charge in [-0.05, 0) is 12.5 Å². The molecule has 1 aromatic carbocycles. The fourth-order valence-electron chi connectivity index (χ4n) is 1.35. The van der Waals surface area contributed by atoms with Crippen LogP contribution in [-0.2, 0) is 11.3 Å². The zero-order valence-electron chi connectivity index (χ0n) is 9.87. The summed E-state index contributed by atoms with van der Waals surface area (Å²) in [5.41, 5.74) is 2.76. The highest BCUT2D eigenvalue weighted by Gasteiger charge is 2.15. The number of hydrogen-bond donors (Lipinski definition) is 1. The minimum atomic E-state index is -0.165. The zero-order valence-corrected chi connectivity index (χ0v) is 11.5. The van der Waals surface area contributed by atoms with Crippen LogP contribution >= 0.6 is 23.1 Å². The Balaban J connectivity index is 1.81. The normalized spacial score (nSPS) is 12.1. The van der Waals surface area contributed by atoms with Gasteiger partial charge in [0.05, 0.1) is 5.25 Å². The van der Waals surface area contributed by atoms with Gasteiger partial charge in [-0.15, -0.1) is 10.2 Å². The molecule has 18 heavy (non-hydrogen) atoms. The summed E-state index contributed by atoms with van der Waals surface area (Å²) in [6, 6.07) is 9.85. The summed E-state index contributed by atoms with van der Waals surface area (Å²) in [7, 11) is 0. The first-order chi connectivity index (χ1) is 8.75. The Morgan fingerprint density at radius 3 is 2.89 bits per heavy atom. The van der Waals surface area contributed by atoms with Crippen molar-refractivity contribution in [3.8, 4) is 0 Å². The summed E-state index contributed by atoms with van der Waals surface area (Å²) < 4.78 is 0.817. The lowest BCUT2D eigenvalue weighted by Crippen LogP contribution is -2.30. The third kappa shape index (κ3) is 3.82. The maximum atomic E-state index is 11.9. The second-order valence-corrected chi connectivity index (χ2v) is 6.09. The molecule has 0 saturated heterocycles. The van der Waals surface area contributed by atoms with Crippen LogP contribution in [0.3, 0.4) is 0 Å². The molecular formula is C12H13N3OS2. The maximum Gasteiger partial charge on any atom is 0.233 e. The first kappa shape index (κ1) is 13.0. The highest BCUT2D eigenvalue weighted by atomic mass is 32.2. The molecule has 2 rings (SSSR count). The third-order valence-electron chi connectivity index (χ3n) is 2.30. The van der Waals surface area contributed by atoms with Crippen molar-refractivity contribution in [3.63, 3.8) is 0 Å². The molecule has 0 aliphatic heterocycles. The summed E-state index contributed by atoms with van der Waals surface area (Å²) in [6.07, 6.45) is 0. The van der Waals surface area contributed by atoms with E-state index in [1.54, 1.807) is 5.51 Å². The number of aromatic nitrogens is 2. The first-order valence-electron chi connectivity index (χ1n) is 5.50. The predicted molar refractivity (Wildman–Crippen MR) is 73.5 cm³/mol. The maximum absolute atomic E-state index is 11.9. The van der Waals surface area contributed by atoms with Gasteiger partial charge >= 0.3 is 0 Å². The number of nitrogens with one attached hydrogen (secondary N) is 1. The molecule has 4 nitrogen and oxygen atoms in total. The number of hydrogen-bond acceptors (Lipinski definition) is 5. The number of rotatable bonds is 5. The quantitative estimate of drug-likeness (QED) is 0.854. The van der Waals surface area contributed by atoms with E-state index in [0.29, 0.717) is 6.54 Å². The number of amides is 1. The summed E-state index contributed by atoms with van der Waals surface area (Å²) in [6.45, 7) is 2.42. The van der Waals surface area contributed by atoms with Crippen molar-refractivity contribution in [2.24, 2.45) is 0 Å². The number of thioether (sulfide) groups is 1. The molecule has 1 amide bonds. The Kier molecular flexibility index (Phi) is 4.72. The van der Waals surface area contributed by atoms with Crippen molar-refractivity contribution in [2.75, 3.05) is 0 Å². The van der Waals surface area contributed by atoms with Crippen molar-refractivity contribution in [2.45, 2.75) is 23.1 Å². The Morgan fingerprint density at radius 2 is 2.22 bits per heavy atom. The second kappa shape index (κ2) is 6.51. The lowest BCUT2D eigenvalue weighted by Gasteiger charge is -2.10. The molecule has 0 aliphatic rings. The lowest BCUT2D eigenvalue weighted by molar-refractivity contribution is -0.120. The highest BCUT2D eigenvalue weighted by molar-refractivity contribution is 8.02. The molecule has 0 unspecified atom stereocenters. The van der Waals surface area contributed by atoms with Gasteiger partial charge in [0.1, 0.15) is 5.51 Å². The first-order valence-corrected chi connectivity index (χ1v) is 7.26. The van der Waals surface area contributed by atoms with Gasteiger partial charge in [0.25, 0.3) is 0 Å². The van der Waals surface area contributed by atoms with E-state index in [9.17, 15) is 4.79 Å². The lowest BCUT2D eigenvalue weighted by atomic mass is 10.2. The molecule has 0 spiro atoms. The van der Waals surface area contributed by atoms with Crippen LogP contribution in [0.2, 0.25) is 0 Å². The fourth-order valence-corrected chi connectivity index (χ4v) is 3.00. The van der Waals surface area contributed by atoms with Crippen LogP contribution in [0, 0.1) is 0 Å². The van der Waals surface area contributed by atoms with Gasteiger partial charge in [-0.25, -0.2) is 0 Å². The molecule has 1 aromatic heterocycles. The van der Waals surface area contributed by atoms with Crippen molar-refractivity contribution in [3.05, 3.63) is 41.4 Å². The molecule has 6 heteroatoms. The molecular weight excluding hydrogens is 266 g/mol. The zero-order chi connectivity index (χ0) is 12.8. The topological polar surface area (TPSA) is 54.9 Å². The summed E-state index contributed by atoms with van der Waals surface area (Å²) in [4.78, 5) is 11.9. The molecule has 0 radical (unpaired) electrons. The number of carbonyl (C=O) groups excluding carboxylic acids is 1. The van der Waals surface area contributed by atoms with Crippen molar-refractivity contribution >= 4 is 29.0 Å². The highest BCUT2D eigenvalue weighted by Crippen LogP contribution is 2.24. The van der Waals surface area contributed by atoms with E-state index in [1.807, 2.05) is 37.3 Å². The molecule has 2 aromatic rings. The van der Waals surface area contributed by atoms with E-state index in [1.165, 1.54) is 23.1 Å². The molecule has 0 bridgehead atoms. The Morgan fingerprint density at radius 1 is 1.44 bits per heavy atom. The van der Waals surface area contributed by atoms with Gasteiger partial charge in [0, 0.05) is 6.54 Å². The third-order valence-corrected chi connectivity index (χ3v) is 4.21. The Labute approximate surface area is 114 Å². The molecule has 0 aliphatic carbocycles. The molecule has 1 atom stereocenters. The van der Waals surface area contributed by atoms with Crippen LogP contribution < -0.4 is 5.32 Å². The summed E-state index contributed by atoms with van der Waals surface area (Å²) in [5, 5.41) is 10.4. The summed E-state index contributed by atoms with van der Waals surface area (Å²) >= 11 is 2.87. The van der Waals surface area contributed by atoms with E-state index >= 15 is 0 Å². The van der Waals surface area contributed by atoms with Crippen LogP contribution in [-0.4, -0.2) is 21.4 Å². The van der Waals surface area contributed by atoms with Gasteiger partial charge in [-0.2, -0.15) is 0 Å². The van der Waals surface area contributed by atoms with Crippen molar-refractivity contribution in [1.82, 2.24) is 15.5 Å². The minimum absolute atomic E-state index is 0.0130. The van der Waals surface area contributed by atoms with Crippen LogP contribution in [0.5, 0.6) is 0 Å². The van der Waals surface area contributed by atoms with Crippen LogP contribution in [0.15, 0.2) is 40.2 Å². The summed E-state index contributed by atoms with van der Waals surface area (Å²) in [5.74, 6) is 0.0130. The van der Waals surface area contributed by atoms with E-state index in [-0.39, 0.29) is 11.2 Å². The van der Waals surface area contributed by atoms with E-state index in [2.05, 4.69) is 15.5 Å². The van der Waals surface area contributed by atoms with E-state index < -0.39 is 0 Å². The van der Waals surface area contributed by atoms with Gasteiger partial charge < -0.3 is 5.32 Å². The largest absolute Gasteiger partial charge is 0.351 e. The number of nitrogens with zero attached hydrogens (tertiary/aromatic N) is 2. The number of carbonyl (C=O) groups is 1. The van der Waals surface area contributed by atoms with Crippen LogP contribution in [0.25, 0.3) is 0 Å². The van der Waals surface area contributed by atoms with Gasteiger partial charge in [0.2, 0.25) is 5.91 Å². The van der Waals surface area contributed by atoms with E-state index in [4.69, 9.17) is 0 Å². The van der Waals surface area contributed by atoms with Gasteiger partial charge in [0.15, 0.2) is 4.34 Å². The predicted octanol–water partition coefficient (Wildman–Crippen LogP) is 2.34. The van der Waals surface area contributed by atoms with Crippen LogP contribution in [0.1, 0.15) is 12.5 Å². The average Bonchev–Trinajstić information content (AvgIpc) is 2.90. The molecule has 1 N–H and O–H groups in total. The fraction of sp³-hybridized carbons (Fsp3) is 0.250. The van der Waals surface area contributed by atoms with Gasteiger partial charge in [-0.3, -0.25) is 4.79 Å². The Hall–Kier alpha value is -1.40. The minimum Gasteiger partial charge on any atom is -0.351 e. The standard InChI is InChI=1S/C12H13N3OS2/c1-9(18-12-15-14-8-17-12)11(16)13-7-10-5-3-2-4-6-10/h2-6,8-9H,7H2,1H3,(H,13,16)/t9-/m0/s1. The molecule has 94 valence electrons. The van der Waals surface area contributed by atoms with Crippen molar-refractivity contribution in [1.29, 1.82) is 0 Å². The van der Waals surface area contributed by atoms with Crippen molar-refractivity contribution < 1.29 is 4.79 Å². The monoisotopic (exact) mass is 279 g/mol. The molecule has 0 fully saturated rings. The van der Waals surface area contributed by atoms with Crippen LogP contribution in [0.4, 0.5) is 0 Å².